The second kappa shape index (κ2) is 8.25. The van der Waals surface area contributed by atoms with Crippen LogP contribution in [0.25, 0.3) is 0 Å². The summed E-state index contributed by atoms with van der Waals surface area (Å²) in [7, 11) is 0. The van der Waals surface area contributed by atoms with Crippen LogP contribution >= 0.6 is 0 Å². The predicted molar refractivity (Wildman–Crippen MR) is 108 cm³/mol. The molecular weight excluding hydrogens is 338 g/mol. The molecule has 0 unspecified atom stereocenters. The van der Waals surface area contributed by atoms with E-state index in [4.69, 9.17) is 0 Å². The third-order valence-corrected chi connectivity index (χ3v) is 4.89. The van der Waals surface area contributed by atoms with E-state index in [0.29, 0.717) is 17.8 Å². The van der Waals surface area contributed by atoms with Crippen LogP contribution in [0.2, 0.25) is 0 Å². The number of carbonyl (C=O) groups is 2. The molecule has 3 N–H and O–H groups in total. The molecular formula is C22H27N3O2. The van der Waals surface area contributed by atoms with Gasteiger partial charge in [0.05, 0.1) is 12.1 Å². The molecule has 142 valence electrons. The van der Waals surface area contributed by atoms with Gasteiger partial charge in [-0.25, -0.2) is 0 Å². The topological polar surface area (TPSA) is 70.2 Å². The molecule has 0 aliphatic heterocycles. The number of amides is 2. The summed E-state index contributed by atoms with van der Waals surface area (Å²) in [5.41, 5.74) is 2.58. The molecule has 0 aromatic heterocycles. The smallest absolute Gasteiger partial charge is 0.253 e. The van der Waals surface area contributed by atoms with Crippen molar-refractivity contribution in [3.8, 4) is 0 Å². The molecule has 1 fully saturated rings. The number of carbonyl (C=O) groups excluding carboxylic acids is 2. The minimum absolute atomic E-state index is 0.0570. The Labute approximate surface area is 160 Å². The summed E-state index contributed by atoms with van der Waals surface area (Å²) in [6.45, 7) is 4.62. The van der Waals surface area contributed by atoms with Gasteiger partial charge in [0.25, 0.3) is 5.91 Å². The third-order valence-electron chi connectivity index (χ3n) is 4.89. The first-order valence-electron chi connectivity index (χ1n) is 9.46. The average Bonchev–Trinajstić information content (AvgIpc) is 3.46. The largest absolute Gasteiger partial charge is 0.376 e. The first-order valence-corrected chi connectivity index (χ1v) is 9.46. The monoisotopic (exact) mass is 365 g/mol. The summed E-state index contributed by atoms with van der Waals surface area (Å²) in [5.74, 6) is -0.217. The Balaban J connectivity index is 1.54. The van der Waals surface area contributed by atoms with Gasteiger partial charge in [-0.2, -0.15) is 0 Å². The zero-order valence-electron chi connectivity index (χ0n) is 15.9. The van der Waals surface area contributed by atoms with E-state index in [1.54, 1.807) is 6.07 Å². The molecule has 0 atom stereocenters. The highest BCUT2D eigenvalue weighted by Gasteiger charge is 2.44. The van der Waals surface area contributed by atoms with Crippen molar-refractivity contribution in [2.75, 3.05) is 18.4 Å². The molecule has 27 heavy (non-hydrogen) atoms. The predicted octanol–water partition coefficient (Wildman–Crippen LogP) is 3.08. The van der Waals surface area contributed by atoms with Crippen molar-refractivity contribution in [1.82, 2.24) is 10.6 Å². The molecule has 1 aliphatic carbocycles. The number of hydrogen-bond donors (Lipinski definition) is 3. The van der Waals surface area contributed by atoms with Gasteiger partial charge in [-0.05, 0) is 44.4 Å². The molecule has 0 saturated heterocycles. The summed E-state index contributed by atoms with van der Waals surface area (Å²) >= 11 is 0. The van der Waals surface area contributed by atoms with Crippen LogP contribution in [0.4, 0.5) is 5.69 Å². The molecule has 1 saturated carbocycles. The van der Waals surface area contributed by atoms with E-state index in [9.17, 15) is 9.59 Å². The van der Waals surface area contributed by atoms with Crippen LogP contribution in [0.5, 0.6) is 0 Å². The van der Waals surface area contributed by atoms with Gasteiger partial charge in [0, 0.05) is 23.7 Å². The molecule has 0 heterocycles. The highest BCUT2D eigenvalue weighted by Crippen LogP contribution is 2.47. The van der Waals surface area contributed by atoms with Crippen LogP contribution in [0.3, 0.4) is 0 Å². The number of nitrogens with one attached hydrogen (secondary N) is 3. The number of hydrogen-bond acceptors (Lipinski definition) is 3. The standard InChI is InChI=1S/C22H27N3O2/c1-16(2)25-21(27)18-10-6-7-11-19(18)23-14-20(26)24-15-22(12-13-22)17-8-4-3-5-9-17/h3-11,16,23H,12-15H2,1-2H3,(H,24,26)(H,25,27). The first-order chi connectivity index (χ1) is 13.0. The lowest BCUT2D eigenvalue weighted by Gasteiger charge is -2.17. The maximum atomic E-state index is 12.3. The van der Waals surface area contributed by atoms with Gasteiger partial charge in [-0.15, -0.1) is 0 Å². The van der Waals surface area contributed by atoms with Crippen molar-refractivity contribution in [2.24, 2.45) is 0 Å². The number of anilines is 1. The van der Waals surface area contributed by atoms with E-state index >= 15 is 0 Å². The van der Waals surface area contributed by atoms with Gasteiger partial charge >= 0.3 is 0 Å². The molecule has 5 nitrogen and oxygen atoms in total. The van der Waals surface area contributed by atoms with Gasteiger partial charge in [0.2, 0.25) is 5.91 Å². The quantitative estimate of drug-likeness (QED) is 0.673. The van der Waals surface area contributed by atoms with Gasteiger partial charge in [-0.1, -0.05) is 42.5 Å². The van der Waals surface area contributed by atoms with Crippen molar-refractivity contribution in [2.45, 2.75) is 38.1 Å². The van der Waals surface area contributed by atoms with E-state index in [0.717, 1.165) is 12.8 Å². The molecule has 0 spiro atoms. The molecule has 0 radical (unpaired) electrons. The minimum Gasteiger partial charge on any atom is -0.376 e. The summed E-state index contributed by atoms with van der Waals surface area (Å²) in [6.07, 6.45) is 2.20. The van der Waals surface area contributed by atoms with Crippen LogP contribution in [-0.4, -0.2) is 30.9 Å². The Bertz CT molecular complexity index is 798. The van der Waals surface area contributed by atoms with E-state index in [1.165, 1.54) is 5.56 Å². The number of rotatable bonds is 8. The molecule has 1 aliphatic rings. The Kier molecular flexibility index (Phi) is 5.79. The zero-order chi connectivity index (χ0) is 19.3. The summed E-state index contributed by atoms with van der Waals surface area (Å²) in [4.78, 5) is 24.6. The van der Waals surface area contributed by atoms with Crippen molar-refractivity contribution in [3.63, 3.8) is 0 Å². The SMILES string of the molecule is CC(C)NC(=O)c1ccccc1NCC(=O)NCC1(c2ccccc2)CC1. The van der Waals surface area contributed by atoms with Crippen LogP contribution in [-0.2, 0) is 10.2 Å². The number of para-hydroxylation sites is 1. The molecule has 3 rings (SSSR count). The fourth-order valence-electron chi connectivity index (χ4n) is 3.19. The second-order valence-corrected chi connectivity index (χ2v) is 7.45. The van der Waals surface area contributed by atoms with E-state index in [2.05, 4.69) is 28.1 Å². The van der Waals surface area contributed by atoms with Crippen molar-refractivity contribution < 1.29 is 9.59 Å². The van der Waals surface area contributed by atoms with Crippen molar-refractivity contribution in [1.29, 1.82) is 0 Å². The highest BCUT2D eigenvalue weighted by atomic mass is 16.2. The summed E-state index contributed by atoms with van der Waals surface area (Å²) < 4.78 is 0. The fraction of sp³-hybridized carbons (Fsp3) is 0.364. The van der Waals surface area contributed by atoms with Crippen LogP contribution in [0.1, 0.15) is 42.6 Å². The highest BCUT2D eigenvalue weighted by molar-refractivity contribution is 6.00. The van der Waals surface area contributed by atoms with E-state index in [1.807, 2.05) is 50.2 Å². The zero-order valence-corrected chi connectivity index (χ0v) is 15.9. The normalized spacial score (nSPS) is 14.5. The Morgan fingerprint density at radius 1 is 1.00 bits per heavy atom. The van der Waals surface area contributed by atoms with Gasteiger partial charge in [-0.3, -0.25) is 9.59 Å². The molecule has 5 heteroatoms. The lowest BCUT2D eigenvalue weighted by molar-refractivity contribution is -0.119. The lowest BCUT2D eigenvalue weighted by Crippen LogP contribution is -2.36. The lowest BCUT2D eigenvalue weighted by atomic mass is 9.96. The average molecular weight is 365 g/mol. The van der Waals surface area contributed by atoms with Gasteiger partial charge in [0.15, 0.2) is 0 Å². The molecule has 2 aromatic rings. The van der Waals surface area contributed by atoms with Gasteiger partial charge < -0.3 is 16.0 Å². The van der Waals surface area contributed by atoms with E-state index in [-0.39, 0.29) is 29.8 Å². The fourth-order valence-corrected chi connectivity index (χ4v) is 3.19. The van der Waals surface area contributed by atoms with E-state index < -0.39 is 0 Å². The number of benzene rings is 2. The maximum absolute atomic E-state index is 12.3. The third kappa shape index (κ3) is 4.88. The van der Waals surface area contributed by atoms with Crippen LogP contribution < -0.4 is 16.0 Å². The Morgan fingerprint density at radius 3 is 2.33 bits per heavy atom. The first kappa shape index (κ1) is 19.0. The molecule has 2 aromatic carbocycles. The Morgan fingerprint density at radius 2 is 1.67 bits per heavy atom. The van der Waals surface area contributed by atoms with Crippen LogP contribution in [0.15, 0.2) is 54.6 Å². The Hall–Kier alpha value is -2.82. The van der Waals surface area contributed by atoms with Crippen LogP contribution in [0, 0.1) is 0 Å². The minimum atomic E-state index is -0.144. The van der Waals surface area contributed by atoms with Crippen molar-refractivity contribution in [3.05, 3.63) is 65.7 Å². The second-order valence-electron chi connectivity index (χ2n) is 7.45. The molecule has 2 amide bonds. The maximum Gasteiger partial charge on any atom is 0.253 e. The van der Waals surface area contributed by atoms with Gasteiger partial charge in [0.1, 0.15) is 0 Å². The summed E-state index contributed by atoms with van der Waals surface area (Å²) in [6, 6.07) is 17.6. The summed E-state index contributed by atoms with van der Waals surface area (Å²) in [5, 5.41) is 9.00. The van der Waals surface area contributed by atoms with Crippen molar-refractivity contribution >= 4 is 17.5 Å². The molecule has 0 bridgehead atoms.